The van der Waals surface area contributed by atoms with Crippen molar-refractivity contribution in [2.45, 2.75) is 88.6 Å². The van der Waals surface area contributed by atoms with E-state index in [0.717, 1.165) is 19.0 Å². The fourth-order valence-corrected chi connectivity index (χ4v) is 5.61. The Balaban J connectivity index is 1.65. The van der Waals surface area contributed by atoms with Gasteiger partial charge in [-0.25, -0.2) is 0 Å². The maximum atomic E-state index is 4.68. The highest BCUT2D eigenvalue weighted by Crippen LogP contribution is 2.30. The molecule has 0 aromatic carbocycles. The summed E-state index contributed by atoms with van der Waals surface area (Å²) in [6.45, 7) is 6.07. The smallest absolute Gasteiger partial charge is 0.239 e. The molecule has 2 aliphatic rings. The van der Waals surface area contributed by atoms with Gasteiger partial charge in [-0.05, 0) is 63.4 Å². The third-order valence-corrected chi connectivity index (χ3v) is 7.62. The minimum atomic E-state index is 0.667. The summed E-state index contributed by atoms with van der Waals surface area (Å²) in [5, 5.41) is 1.33. The predicted molar refractivity (Wildman–Crippen MR) is 120 cm³/mol. The van der Waals surface area contributed by atoms with Gasteiger partial charge in [0.25, 0.3) is 0 Å². The van der Waals surface area contributed by atoms with Gasteiger partial charge >= 0.3 is 0 Å². The fraction of sp³-hybridized carbons (Fsp3) is 0.842. The molecule has 1 aromatic rings. The van der Waals surface area contributed by atoms with Crippen molar-refractivity contribution in [3.8, 4) is 0 Å². The van der Waals surface area contributed by atoms with Gasteiger partial charge < -0.3 is 4.90 Å². The van der Waals surface area contributed by atoms with Gasteiger partial charge in [-0.2, -0.15) is 15.0 Å². The highest BCUT2D eigenvalue weighted by Gasteiger charge is 2.18. The zero-order valence-electron chi connectivity index (χ0n) is 16.7. The molecule has 0 atom stereocenters. The molecule has 0 radical (unpaired) electrons. The van der Waals surface area contributed by atoms with Gasteiger partial charge in [0.1, 0.15) is 0 Å². The van der Waals surface area contributed by atoms with E-state index in [4.69, 9.17) is 0 Å². The van der Waals surface area contributed by atoms with Gasteiger partial charge in [0.2, 0.25) is 17.8 Å². The van der Waals surface area contributed by atoms with Crippen LogP contribution < -0.4 is 14.3 Å². The molecule has 0 amide bonds. The van der Waals surface area contributed by atoms with Gasteiger partial charge in [0.15, 0.2) is 0 Å². The average molecular weight is 411 g/mol. The van der Waals surface area contributed by atoms with E-state index in [1.54, 1.807) is 23.9 Å². The van der Waals surface area contributed by atoms with Crippen LogP contribution >= 0.6 is 23.9 Å². The lowest BCUT2D eigenvalue weighted by Gasteiger charge is -2.23. The number of hydrogen-bond donors (Lipinski definition) is 2. The lowest BCUT2D eigenvalue weighted by Crippen LogP contribution is -2.25. The number of aromatic nitrogens is 3. The largest absolute Gasteiger partial charge is 0.341 e. The van der Waals surface area contributed by atoms with E-state index in [1.165, 1.54) is 64.2 Å². The molecule has 1 aromatic heterocycles. The Morgan fingerprint density at radius 3 is 1.59 bits per heavy atom. The Morgan fingerprint density at radius 1 is 0.741 bits per heavy atom. The quantitative estimate of drug-likeness (QED) is 0.517. The van der Waals surface area contributed by atoms with E-state index in [1.807, 2.05) is 0 Å². The van der Waals surface area contributed by atoms with Crippen LogP contribution in [0.2, 0.25) is 0 Å². The summed E-state index contributed by atoms with van der Waals surface area (Å²) in [5.41, 5.74) is 0. The van der Waals surface area contributed by atoms with E-state index in [-0.39, 0.29) is 0 Å². The van der Waals surface area contributed by atoms with Crippen LogP contribution in [0.3, 0.4) is 0 Å². The number of hydrogen-bond acceptors (Lipinski definition) is 8. The van der Waals surface area contributed by atoms with Crippen LogP contribution in [0.5, 0.6) is 0 Å². The summed E-state index contributed by atoms with van der Waals surface area (Å²) >= 11 is 3.57. The summed E-state index contributed by atoms with van der Waals surface area (Å²) in [6.07, 6.45) is 13.3. The van der Waals surface area contributed by atoms with E-state index in [0.29, 0.717) is 22.4 Å². The minimum absolute atomic E-state index is 0.667. The van der Waals surface area contributed by atoms with Crippen molar-refractivity contribution in [1.29, 1.82) is 0 Å². The molecule has 0 unspecified atom stereocenters. The molecule has 0 saturated heterocycles. The van der Waals surface area contributed by atoms with E-state index < -0.39 is 0 Å². The number of rotatable bonds is 9. The van der Waals surface area contributed by atoms with Crippen molar-refractivity contribution in [3.05, 3.63) is 0 Å². The van der Waals surface area contributed by atoms with Gasteiger partial charge in [0, 0.05) is 23.6 Å². The molecule has 6 nitrogen and oxygen atoms in total. The molecular formula is C19H34N6S2. The van der Waals surface area contributed by atoms with Crippen LogP contribution in [0.15, 0.2) is 0 Å². The van der Waals surface area contributed by atoms with Crippen molar-refractivity contribution in [2.24, 2.45) is 0 Å². The zero-order chi connectivity index (χ0) is 18.9. The summed E-state index contributed by atoms with van der Waals surface area (Å²) in [4.78, 5) is 16.2. The van der Waals surface area contributed by atoms with Crippen LogP contribution in [0.1, 0.15) is 78.1 Å². The van der Waals surface area contributed by atoms with Crippen LogP contribution in [-0.4, -0.2) is 38.5 Å². The average Bonchev–Trinajstić information content (AvgIpc) is 2.73. The molecule has 152 valence electrons. The highest BCUT2D eigenvalue weighted by atomic mass is 32.2. The van der Waals surface area contributed by atoms with Crippen molar-refractivity contribution < 1.29 is 0 Å². The second kappa shape index (κ2) is 11.2. The molecule has 2 N–H and O–H groups in total. The molecule has 2 fully saturated rings. The van der Waals surface area contributed by atoms with Crippen molar-refractivity contribution in [3.63, 3.8) is 0 Å². The monoisotopic (exact) mass is 410 g/mol. The normalized spacial score (nSPS) is 19.0. The number of anilines is 3. The third kappa shape index (κ3) is 6.59. The molecular weight excluding hydrogens is 376 g/mol. The first kappa shape index (κ1) is 20.8. The summed E-state index contributed by atoms with van der Waals surface area (Å²) in [5.74, 6) is 2.11. The van der Waals surface area contributed by atoms with Gasteiger partial charge in [-0.1, -0.05) is 38.5 Å². The molecule has 2 saturated carbocycles. The minimum Gasteiger partial charge on any atom is -0.341 e. The highest BCUT2D eigenvalue weighted by molar-refractivity contribution is 8.01. The standard InChI is InChI=1S/C19H34N6S2/c1-3-25(4-2)19-21-17(23-26-15-11-7-5-8-12-15)20-18(22-19)24-27-16-13-9-6-10-14-16/h15-16H,3-14H2,1-2H3,(H2,20,21,22,23,24). The Hall–Kier alpha value is -0.890. The lowest BCUT2D eigenvalue weighted by molar-refractivity contribution is 0.516. The van der Waals surface area contributed by atoms with E-state index in [9.17, 15) is 0 Å². The Labute approximate surface area is 172 Å². The summed E-state index contributed by atoms with van der Waals surface area (Å²) in [6, 6.07) is 0. The maximum absolute atomic E-state index is 4.68. The first-order valence-corrected chi connectivity index (χ1v) is 12.4. The van der Waals surface area contributed by atoms with Crippen LogP contribution in [0.25, 0.3) is 0 Å². The van der Waals surface area contributed by atoms with Gasteiger partial charge in [-0.15, -0.1) is 0 Å². The summed E-state index contributed by atoms with van der Waals surface area (Å²) < 4.78 is 6.83. The molecule has 2 aliphatic carbocycles. The number of nitrogens with zero attached hydrogens (tertiary/aromatic N) is 4. The Bertz CT molecular complexity index is 517. The molecule has 0 spiro atoms. The molecule has 27 heavy (non-hydrogen) atoms. The Kier molecular flexibility index (Phi) is 8.64. The number of nitrogens with one attached hydrogen (secondary N) is 2. The molecule has 0 aliphatic heterocycles. The second-order valence-electron chi connectivity index (χ2n) is 7.41. The predicted octanol–water partition coefficient (Wildman–Crippen LogP) is 5.50. The molecule has 3 rings (SSSR count). The molecule has 8 heteroatoms. The van der Waals surface area contributed by atoms with Gasteiger partial charge in [-0.3, -0.25) is 9.44 Å². The van der Waals surface area contributed by atoms with E-state index >= 15 is 0 Å². The molecule has 1 heterocycles. The Morgan fingerprint density at radius 2 is 1.19 bits per heavy atom. The second-order valence-corrected chi connectivity index (χ2v) is 9.63. The van der Waals surface area contributed by atoms with Crippen LogP contribution in [0, 0.1) is 0 Å². The van der Waals surface area contributed by atoms with Crippen molar-refractivity contribution >= 4 is 41.7 Å². The van der Waals surface area contributed by atoms with E-state index in [2.05, 4.69) is 43.1 Å². The van der Waals surface area contributed by atoms with Crippen molar-refractivity contribution in [1.82, 2.24) is 15.0 Å². The summed E-state index contributed by atoms with van der Waals surface area (Å²) in [7, 11) is 0. The fourth-order valence-electron chi connectivity index (χ4n) is 3.74. The van der Waals surface area contributed by atoms with Crippen LogP contribution in [-0.2, 0) is 0 Å². The lowest BCUT2D eigenvalue weighted by atomic mass is 10.0. The molecule has 0 bridgehead atoms. The van der Waals surface area contributed by atoms with Crippen LogP contribution in [0.4, 0.5) is 17.8 Å². The maximum Gasteiger partial charge on any atom is 0.239 e. The third-order valence-electron chi connectivity index (χ3n) is 5.41. The van der Waals surface area contributed by atoms with Gasteiger partial charge in [0.05, 0.1) is 0 Å². The zero-order valence-corrected chi connectivity index (χ0v) is 18.4. The first-order valence-electron chi connectivity index (χ1n) is 10.6. The SMILES string of the molecule is CCN(CC)c1nc(NSC2CCCCC2)nc(NSC2CCCCC2)n1. The topological polar surface area (TPSA) is 66.0 Å². The van der Waals surface area contributed by atoms with Crippen molar-refractivity contribution in [2.75, 3.05) is 27.4 Å². The first-order chi connectivity index (χ1) is 13.3.